The fourth-order valence-electron chi connectivity index (χ4n) is 1.90. The van der Waals surface area contributed by atoms with Gasteiger partial charge in [-0.05, 0) is 38.1 Å². The predicted octanol–water partition coefficient (Wildman–Crippen LogP) is 3.76. The topological polar surface area (TPSA) is 51.2 Å². The van der Waals surface area contributed by atoms with E-state index in [-0.39, 0.29) is 5.97 Å². The molecule has 4 nitrogen and oxygen atoms in total. The molecule has 0 saturated carbocycles. The summed E-state index contributed by atoms with van der Waals surface area (Å²) in [6.45, 7) is 4.00. The Balaban J connectivity index is 2.27. The number of rotatable bonds is 5. The molecule has 0 aliphatic carbocycles. The summed E-state index contributed by atoms with van der Waals surface area (Å²) in [5.74, 6) is -0.344. The minimum Gasteiger partial charge on any atom is -0.464 e. The molecule has 0 amide bonds. The lowest BCUT2D eigenvalue weighted by Crippen LogP contribution is -2.23. The van der Waals surface area contributed by atoms with Gasteiger partial charge in [0.2, 0.25) is 0 Å². The first-order valence-electron chi connectivity index (χ1n) is 6.71. The van der Waals surface area contributed by atoms with E-state index in [1.54, 1.807) is 25.3 Å². The third-order valence-corrected chi connectivity index (χ3v) is 3.16. The normalized spacial score (nSPS) is 11.8. The highest BCUT2D eigenvalue weighted by molar-refractivity contribution is 6.30. The van der Waals surface area contributed by atoms with Crippen LogP contribution in [0.15, 0.2) is 42.6 Å². The zero-order chi connectivity index (χ0) is 15.2. The minimum atomic E-state index is -0.614. The molecule has 0 bridgehead atoms. The van der Waals surface area contributed by atoms with Crippen molar-refractivity contribution in [3.63, 3.8) is 0 Å². The maximum atomic E-state index is 12.2. The molecule has 0 aliphatic rings. The van der Waals surface area contributed by atoms with Gasteiger partial charge in [0.1, 0.15) is 0 Å². The van der Waals surface area contributed by atoms with Crippen LogP contribution in [0.3, 0.4) is 0 Å². The standard InChI is InChI=1S/C16H17ClN2O2/c1-3-21-16(20)15(12-8-7-11(2)18-10-12)19-14-6-4-5-13(17)9-14/h4-10,15,19H,3H2,1-2H3. The van der Waals surface area contributed by atoms with E-state index in [0.29, 0.717) is 11.6 Å². The largest absolute Gasteiger partial charge is 0.464 e. The van der Waals surface area contributed by atoms with Crippen molar-refractivity contribution in [3.05, 3.63) is 58.9 Å². The van der Waals surface area contributed by atoms with Gasteiger partial charge in [-0.2, -0.15) is 0 Å². The van der Waals surface area contributed by atoms with Crippen molar-refractivity contribution in [2.24, 2.45) is 0 Å². The number of esters is 1. The smallest absolute Gasteiger partial charge is 0.333 e. The number of hydrogen-bond donors (Lipinski definition) is 1. The Morgan fingerprint density at radius 3 is 2.81 bits per heavy atom. The number of anilines is 1. The van der Waals surface area contributed by atoms with Gasteiger partial charge in [-0.25, -0.2) is 4.79 Å². The lowest BCUT2D eigenvalue weighted by atomic mass is 10.1. The Kier molecular flexibility index (Phi) is 5.17. The van der Waals surface area contributed by atoms with Gasteiger partial charge in [0.05, 0.1) is 6.61 Å². The Morgan fingerprint density at radius 2 is 2.19 bits per heavy atom. The average Bonchev–Trinajstić information content (AvgIpc) is 2.46. The Bertz CT molecular complexity index is 614. The summed E-state index contributed by atoms with van der Waals surface area (Å²) in [5, 5.41) is 3.74. The second kappa shape index (κ2) is 7.09. The van der Waals surface area contributed by atoms with Crippen LogP contribution in [0.2, 0.25) is 5.02 Å². The molecule has 1 unspecified atom stereocenters. The third kappa shape index (κ3) is 4.20. The molecule has 1 atom stereocenters. The first kappa shape index (κ1) is 15.3. The molecule has 0 aliphatic heterocycles. The molecule has 1 N–H and O–H groups in total. The summed E-state index contributed by atoms with van der Waals surface area (Å²) < 4.78 is 5.13. The van der Waals surface area contributed by atoms with Gasteiger partial charge in [0.15, 0.2) is 6.04 Å². The van der Waals surface area contributed by atoms with E-state index in [1.807, 2.05) is 31.2 Å². The zero-order valence-corrected chi connectivity index (χ0v) is 12.7. The minimum absolute atomic E-state index is 0.325. The van der Waals surface area contributed by atoms with Crippen molar-refractivity contribution in [2.75, 3.05) is 11.9 Å². The van der Waals surface area contributed by atoms with Gasteiger partial charge in [0, 0.05) is 28.2 Å². The van der Waals surface area contributed by atoms with Crippen LogP contribution >= 0.6 is 11.6 Å². The molecule has 2 rings (SSSR count). The first-order chi connectivity index (χ1) is 10.1. The summed E-state index contributed by atoms with van der Waals surface area (Å²) in [6.07, 6.45) is 1.68. The van der Waals surface area contributed by atoms with Crippen LogP contribution < -0.4 is 5.32 Å². The number of aromatic nitrogens is 1. The van der Waals surface area contributed by atoms with E-state index in [1.165, 1.54) is 0 Å². The average molecular weight is 305 g/mol. The van der Waals surface area contributed by atoms with Gasteiger partial charge in [-0.1, -0.05) is 23.7 Å². The molecule has 5 heteroatoms. The van der Waals surface area contributed by atoms with Gasteiger partial charge >= 0.3 is 5.97 Å². The number of pyridine rings is 1. The summed E-state index contributed by atoms with van der Waals surface area (Å²) in [6, 6.07) is 10.3. The maximum absolute atomic E-state index is 12.2. The highest BCUT2D eigenvalue weighted by Gasteiger charge is 2.22. The van der Waals surface area contributed by atoms with Crippen LogP contribution in [0, 0.1) is 6.92 Å². The number of ether oxygens (including phenoxy) is 1. The second-order valence-electron chi connectivity index (χ2n) is 4.57. The van der Waals surface area contributed by atoms with Crippen molar-refractivity contribution in [1.82, 2.24) is 4.98 Å². The summed E-state index contributed by atoms with van der Waals surface area (Å²) in [5.41, 5.74) is 2.39. The molecular formula is C16H17ClN2O2. The van der Waals surface area contributed by atoms with Crippen LogP contribution in [0.4, 0.5) is 5.69 Å². The number of hydrogen-bond acceptors (Lipinski definition) is 4. The van der Waals surface area contributed by atoms with Crippen molar-refractivity contribution in [2.45, 2.75) is 19.9 Å². The monoisotopic (exact) mass is 304 g/mol. The number of halogens is 1. The molecule has 1 aromatic carbocycles. The molecule has 1 aromatic heterocycles. The molecule has 0 saturated heterocycles. The van der Waals surface area contributed by atoms with E-state index in [0.717, 1.165) is 16.9 Å². The summed E-state index contributed by atoms with van der Waals surface area (Å²) in [4.78, 5) is 16.4. The number of carbonyl (C=O) groups is 1. The number of nitrogens with one attached hydrogen (secondary N) is 1. The van der Waals surface area contributed by atoms with Crippen molar-refractivity contribution >= 4 is 23.3 Å². The van der Waals surface area contributed by atoms with E-state index < -0.39 is 6.04 Å². The van der Waals surface area contributed by atoms with E-state index in [4.69, 9.17) is 16.3 Å². The lowest BCUT2D eigenvalue weighted by Gasteiger charge is -2.18. The van der Waals surface area contributed by atoms with Gasteiger partial charge < -0.3 is 10.1 Å². The molecular weight excluding hydrogens is 288 g/mol. The van der Waals surface area contributed by atoms with Gasteiger partial charge in [-0.15, -0.1) is 0 Å². The quantitative estimate of drug-likeness (QED) is 0.855. The molecule has 0 fully saturated rings. The van der Waals surface area contributed by atoms with Crippen LogP contribution in [-0.2, 0) is 9.53 Å². The number of carbonyl (C=O) groups excluding carboxylic acids is 1. The first-order valence-corrected chi connectivity index (χ1v) is 7.09. The highest BCUT2D eigenvalue weighted by atomic mass is 35.5. The summed E-state index contributed by atoms with van der Waals surface area (Å²) >= 11 is 5.97. The molecule has 1 heterocycles. The molecule has 2 aromatic rings. The number of nitrogens with zero attached hydrogens (tertiary/aromatic N) is 1. The molecule has 0 spiro atoms. The maximum Gasteiger partial charge on any atom is 0.333 e. The Hall–Kier alpha value is -2.07. The second-order valence-corrected chi connectivity index (χ2v) is 5.01. The molecule has 110 valence electrons. The number of aryl methyl sites for hydroxylation is 1. The van der Waals surface area contributed by atoms with Gasteiger partial charge in [0.25, 0.3) is 0 Å². The SMILES string of the molecule is CCOC(=O)C(Nc1cccc(Cl)c1)c1ccc(C)nc1. The summed E-state index contributed by atoms with van der Waals surface area (Å²) in [7, 11) is 0. The van der Waals surface area contributed by atoms with Crippen LogP contribution in [0.25, 0.3) is 0 Å². The zero-order valence-electron chi connectivity index (χ0n) is 12.0. The Morgan fingerprint density at radius 1 is 1.38 bits per heavy atom. The molecule has 21 heavy (non-hydrogen) atoms. The highest BCUT2D eigenvalue weighted by Crippen LogP contribution is 2.23. The Labute approximate surface area is 129 Å². The van der Waals surface area contributed by atoms with Crippen molar-refractivity contribution < 1.29 is 9.53 Å². The van der Waals surface area contributed by atoms with E-state index >= 15 is 0 Å². The lowest BCUT2D eigenvalue weighted by molar-refractivity contribution is -0.144. The fraction of sp³-hybridized carbons (Fsp3) is 0.250. The third-order valence-electron chi connectivity index (χ3n) is 2.93. The fourth-order valence-corrected chi connectivity index (χ4v) is 2.09. The van der Waals surface area contributed by atoms with Gasteiger partial charge in [-0.3, -0.25) is 4.98 Å². The van der Waals surface area contributed by atoms with Crippen LogP contribution in [0.1, 0.15) is 24.2 Å². The molecule has 0 radical (unpaired) electrons. The van der Waals surface area contributed by atoms with Crippen molar-refractivity contribution in [3.8, 4) is 0 Å². The predicted molar refractivity (Wildman–Crippen MR) is 83.4 cm³/mol. The number of benzene rings is 1. The van der Waals surface area contributed by atoms with Crippen LogP contribution in [0.5, 0.6) is 0 Å². The van der Waals surface area contributed by atoms with Crippen LogP contribution in [-0.4, -0.2) is 17.6 Å². The van der Waals surface area contributed by atoms with E-state index in [9.17, 15) is 4.79 Å². The van der Waals surface area contributed by atoms with Crippen molar-refractivity contribution in [1.29, 1.82) is 0 Å². The van der Waals surface area contributed by atoms with E-state index in [2.05, 4.69) is 10.3 Å².